The van der Waals surface area contributed by atoms with Crippen molar-refractivity contribution in [2.75, 3.05) is 40.3 Å². The number of nitrogens with one attached hydrogen (secondary N) is 2. The van der Waals surface area contributed by atoms with Gasteiger partial charge in [-0.3, -0.25) is 4.79 Å². The molecule has 1 fully saturated rings. The Kier molecular flexibility index (Phi) is 13.8. The van der Waals surface area contributed by atoms with Gasteiger partial charge in [0.2, 0.25) is 6.41 Å². The maximum absolute atomic E-state index is 15.2. The minimum Gasteiger partial charge on any atom is -0.453 e. The molecule has 1 saturated heterocycles. The normalized spacial score (nSPS) is 14.1. The standard InChI is InChI=1S/C26H35FN2O4.C4H9N/c1-4-20-10-7-11-21(18-20)24-22(12-8-13-23(24)27)26(32,14-5-6-17-29(2)19-30)15-9-16-28-25(31)33-3;1-2-4-5-3-1/h7-8,10-13,18-19,32H,4-6,9,14-17H2,1-3H3,(H,28,31);5H,1-4H2. The molecule has 0 spiro atoms. The van der Waals surface area contributed by atoms with E-state index in [1.165, 1.54) is 39.1 Å². The Balaban J connectivity index is 0.000000904. The Morgan fingerprint density at radius 2 is 1.87 bits per heavy atom. The first-order valence-corrected chi connectivity index (χ1v) is 13.6. The Hall–Kier alpha value is -2.97. The molecule has 3 rings (SSSR count). The number of aryl methyl sites for hydroxylation is 1. The molecule has 8 heteroatoms. The van der Waals surface area contributed by atoms with E-state index in [0.717, 1.165) is 24.0 Å². The van der Waals surface area contributed by atoms with Crippen molar-refractivity contribution < 1.29 is 23.8 Å². The molecular weight excluding hydrogens is 485 g/mol. The van der Waals surface area contributed by atoms with E-state index in [1.54, 1.807) is 24.1 Å². The quantitative estimate of drug-likeness (QED) is 0.251. The molecule has 0 bridgehead atoms. The number of alkyl carbamates (subject to hydrolysis) is 1. The van der Waals surface area contributed by atoms with Crippen molar-refractivity contribution in [3.8, 4) is 11.1 Å². The number of halogens is 1. The SMILES string of the molecule is C1CCNC1.CCc1cccc(-c2c(F)cccc2C(O)(CCCCN(C)C=O)CCCNC(=O)OC)c1. The van der Waals surface area contributed by atoms with Crippen molar-refractivity contribution >= 4 is 12.5 Å². The molecule has 0 aromatic heterocycles. The molecule has 0 radical (unpaired) electrons. The number of nitrogens with zero attached hydrogens (tertiary/aromatic N) is 1. The summed E-state index contributed by atoms with van der Waals surface area (Å²) >= 11 is 0. The van der Waals surface area contributed by atoms with Crippen LogP contribution in [0.15, 0.2) is 42.5 Å². The Morgan fingerprint density at radius 1 is 1.16 bits per heavy atom. The molecular formula is C30H44FN3O4. The van der Waals surface area contributed by atoms with Gasteiger partial charge < -0.3 is 25.4 Å². The fraction of sp³-hybridized carbons (Fsp3) is 0.533. The van der Waals surface area contributed by atoms with Crippen molar-refractivity contribution in [3.63, 3.8) is 0 Å². The van der Waals surface area contributed by atoms with E-state index in [0.29, 0.717) is 56.3 Å². The third kappa shape index (κ3) is 10.1. The van der Waals surface area contributed by atoms with Gasteiger partial charge in [-0.1, -0.05) is 43.3 Å². The number of amides is 2. The molecule has 0 aliphatic carbocycles. The number of hydrogen-bond acceptors (Lipinski definition) is 5. The fourth-order valence-corrected chi connectivity index (χ4v) is 4.65. The van der Waals surface area contributed by atoms with Crippen LogP contribution in [0.1, 0.15) is 63.0 Å². The molecule has 1 heterocycles. The topological polar surface area (TPSA) is 90.9 Å². The summed E-state index contributed by atoms with van der Waals surface area (Å²) < 4.78 is 19.8. The Morgan fingerprint density at radius 3 is 2.50 bits per heavy atom. The Labute approximate surface area is 226 Å². The molecule has 1 atom stereocenters. The van der Waals surface area contributed by atoms with Crippen LogP contribution in [0.25, 0.3) is 11.1 Å². The second kappa shape index (κ2) is 16.8. The number of aliphatic hydroxyl groups is 1. The molecule has 2 aromatic rings. The number of carbonyl (C=O) groups is 2. The summed E-state index contributed by atoms with van der Waals surface area (Å²) in [5.41, 5.74) is 1.47. The zero-order valence-corrected chi connectivity index (χ0v) is 23.1. The number of hydrogen-bond donors (Lipinski definition) is 3. The van der Waals surface area contributed by atoms with Gasteiger partial charge in [-0.05, 0) is 87.2 Å². The summed E-state index contributed by atoms with van der Waals surface area (Å²) in [5, 5.41) is 17.7. The van der Waals surface area contributed by atoms with Gasteiger partial charge >= 0.3 is 6.09 Å². The number of benzene rings is 2. The summed E-state index contributed by atoms with van der Waals surface area (Å²) in [6, 6.07) is 12.5. The zero-order chi connectivity index (χ0) is 27.8. The van der Waals surface area contributed by atoms with Crippen LogP contribution in [0.3, 0.4) is 0 Å². The van der Waals surface area contributed by atoms with Crippen molar-refractivity contribution in [2.45, 2.75) is 63.9 Å². The van der Waals surface area contributed by atoms with Crippen LogP contribution in [-0.2, 0) is 21.6 Å². The van der Waals surface area contributed by atoms with Gasteiger partial charge in [-0.2, -0.15) is 0 Å². The predicted octanol–water partition coefficient (Wildman–Crippen LogP) is 5.01. The molecule has 1 aliphatic heterocycles. The van der Waals surface area contributed by atoms with Crippen molar-refractivity contribution in [1.29, 1.82) is 0 Å². The third-order valence-electron chi connectivity index (χ3n) is 6.85. The lowest BCUT2D eigenvalue weighted by atomic mass is 9.80. The molecule has 1 aliphatic rings. The average Bonchev–Trinajstić information content (AvgIpc) is 3.53. The summed E-state index contributed by atoms with van der Waals surface area (Å²) in [7, 11) is 3.01. The smallest absolute Gasteiger partial charge is 0.406 e. The van der Waals surface area contributed by atoms with Gasteiger partial charge in [0.25, 0.3) is 0 Å². The van der Waals surface area contributed by atoms with E-state index in [1.807, 2.05) is 31.2 Å². The highest BCUT2D eigenvalue weighted by Crippen LogP contribution is 2.40. The van der Waals surface area contributed by atoms with Gasteiger partial charge in [0.05, 0.1) is 12.7 Å². The molecule has 210 valence electrons. The largest absolute Gasteiger partial charge is 0.453 e. The minimum atomic E-state index is -1.29. The summed E-state index contributed by atoms with van der Waals surface area (Å²) in [4.78, 5) is 23.8. The van der Waals surface area contributed by atoms with Gasteiger partial charge in [0, 0.05) is 25.7 Å². The highest BCUT2D eigenvalue weighted by molar-refractivity contribution is 5.70. The van der Waals surface area contributed by atoms with Gasteiger partial charge in [0.15, 0.2) is 0 Å². The van der Waals surface area contributed by atoms with Crippen LogP contribution >= 0.6 is 0 Å². The van der Waals surface area contributed by atoms with E-state index in [-0.39, 0.29) is 5.82 Å². The molecule has 38 heavy (non-hydrogen) atoms. The molecule has 7 nitrogen and oxygen atoms in total. The Bertz CT molecular complexity index is 992. The molecule has 1 unspecified atom stereocenters. The lowest BCUT2D eigenvalue weighted by Crippen LogP contribution is -2.30. The number of methoxy groups -OCH3 is 1. The average molecular weight is 530 g/mol. The molecule has 2 aromatic carbocycles. The third-order valence-corrected chi connectivity index (χ3v) is 6.85. The van der Waals surface area contributed by atoms with Crippen molar-refractivity contribution in [2.24, 2.45) is 0 Å². The first-order chi connectivity index (χ1) is 18.3. The van der Waals surface area contributed by atoms with Crippen LogP contribution in [0.5, 0.6) is 0 Å². The maximum Gasteiger partial charge on any atom is 0.406 e. The van der Waals surface area contributed by atoms with E-state index < -0.39 is 11.7 Å². The second-order valence-electron chi connectivity index (χ2n) is 9.77. The van der Waals surface area contributed by atoms with Crippen LogP contribution in [-0.4, -0.2) is 62.8 Å². The lowest BCUT2D eigenvalue weighted by Gasteiger charge is -2.32. The van der Waals surface area contributed by atoms with Crippen LogP contribution in [0.2, 0.25) is 0 Å². The van der Waals surface area contributed by atoms with Crippen LogP contribution in [0.4, 0.5) is 9.18 Å². The van der Waals surface area contributed by atoms with E-state index in [4.69, 9.17) is 0 Å². The molecule has 0 saturated carbocycles. The number of rotatable bonds is 13. The molecule has 3 N–H and O–H groups in total. The second-order valence-corrected chi connectivity index (χ2v) is 9.77. The molecule has 2 amide bonds. The number of carbonyl (C=O) groups excluding carboxylic acids is 2. The highest BCUT2D eigenvalue weighted by Gasteiger charge is 2.32. The highest BCUT2D eigenvalue weighted by atomic mass is 19.1. The number of unbranched alkanes of at least 4 members (excludes halogenated alkanes) is 1. The van der Waals surface area contributed by atoms with E-state index in [2.05, 4.69) is 15.4 Å². The minimum absolute atomic E-state index is 0.332. The van der Waals surface area contributed by atoms with Gasteiger partial charge in [-0.25, -0.2) is 9.18 Å². The summed E-state index contributed by atoms with van der Waals surface area (Å²) in [6.45, 7) is 5.46. The van der Waals surface area contributed by atoms with Gasteiger partial charge in [-0.15, -0.1) is 0 Å². The monoisotopic (exact) mass is 529 g/mol. The maximum atomic E-state index is 15.2. The van der Waals surface area contributed by atoms with E-state index in [9.17, 15) is 14.7 Å². The predicted molar refractivity (Wildman–Crippen MR) is 149 cm³/mol. The first-order valence-electron chi connectivity index (χ1n) is 13.6. The van der Waals surface area contributed by atoms with Crippen LogP contribution < -0.4 is 10.6 Å². The van der Waals surface area contributed by atoms with Gasteiger partial charge in [0.1, 0.15) is 5.82 Å². The van der Waals surface area contributed by atoms with E-state index >= 15 is 4.39 Å². The zero-order valence-electron chi connectivity index (χ0n) is 23.1. The first kappa shape index (κ1) is 31.2. The lowest BCUT2D eigenvalue weighted by molar-refractivity contribution is -0.117. The van der Waals surface area contributed by atoms with Crippen molar-refractivity contribution in [3.05, 3.63) is 59.4 Å². The van der Waals surface area contributed by atoms with Crippen molar-refractivity contribution in [1.82, 2.24) is 15.5 Å². The van der Waals surface area contributed by atoms with Crippen LogP contribution in [0, 0.1) is 5.82 Å². The fourth-order valence-electron chi connectivity index (χ4n) is 4.65. The summed E-state index contributed by atoms with van der Waals surface area (Å²) in [6.07, 6.45) is 6.45. The number of ether oxygens (including phenoxy) is 1. The summed E-state index contributed by atoms with van der Waals surface area (Å²) in [5.74, 6) is -0.382.